The molecule has 1 fully saturated rings. The SMILES string of the molecule is CC(C)(C)c1ccc(CC2CCC(=O)N2)s1. The molecule has 1 unspecified atom stereocenters. The summed E-state index contributed by atoms with van der Waals surface area (Å²) in [6.07, 6.45) is 2.68. The van der Waals surface area contributed by atoms with E-state index >= 15 is 0 Å². The minimum absolute atomic E-state index is 0.206. The number of hydrogen-bond donors (Lipinski definition) is 1. The molecule has 2 heterocycles. The van der Waals surface area contributed by atoms with Crippen LogP contribution in [0.5, 0.6) is 0 Å². The Labute approximate surface area is 101 Å². The second-order valence-corrected chi connectivity index (χ2v) is 6.69. The summed E-state index contributed by atoms with van der Waals surface area (Å²) >= 11 is 1.88. The van der Waals surface area contributed by atoms with Crippen molar-refractivity contribution in [3.8, 4) is 0 Å². The van der Waals surface area contributed by atoms with Gasteiger partial charge < -0.3 is 5.32 Å². The number of nitrogens with one attached hydrogen (secondary N) is 1. The molecule has 1 amide bonds. The van der Waals surface area contributed by atoms with Crippen molar-refractivity contribution in [1.82, 2.24) is 5.32 Å². The lowest BCUT2D eigenvalue weighted by Gasteiger charge is -2.15. The van der Waals surface area contributed by atoms with Crippen LogP contribution in [0.2, 0.25) is 0 Å². The van der Waals surface area contributed by atoms with E-state index in [4.69, 9.17) is 0 Å². The molecule has 2 nitrogen and oxygen atoms in total. The number of hydrogen-bond acceptors (Lipinski definition) is 2. The predicted molar refractivity (Wildman–Crippen MR) is 67.9 cm³/mol. The molecule has 0 aromatic carbocycles. The zero-order valence-corrected chi connectivity index (χ0v) is 11.0. The van der Waals surface area contributed by atoms with Gasteiger partial charge in [0.2, 0.25) is 5.91 Å². The molecule has 3 heteroatoms. The molecule has 1 N–H and O–H groups in total. The lowest BCUT2D eigenvalue weighted by Crippen LogP contribution is -2.26. The molecule has 1 aromatic rings. The fourth-order valence-electron chi connectivity index (χ4n) is 1.96. The molecule has 0 spiro atoms. The van der Waals surface area contributed by atoms with Gasteiger partial charge in [-0.3, -0.25) is 4.79 Å². The van der Waals surface area contributed by atoms with Crippen molar-refractivity contribution in [1.29, 1.82) is 0 Å². The molecule has 1 atom stereocenters. The fourth-order valence-corrected chi connectivity index (χ4v) is 3.11. The number of amides is 1. The van der Waals surface area contributed by atoms with Gasteiger partial charge in [-0.15, -0.1) is 11.3 Å². The van der Waals surface area contributed by atoms with E-state index in [0.29, 0.717) is 12.5 Å². The maximum atomic E-state index is 11.1. The lowest BCUT2D eigenvalue weighted by molar-refractivity contribution is -0.119. The van der Waals surface area contributed by atoms with Crippen LogP contribution >= 0.6 is 11.3 Å². The van der Waals surface area contributed by atoms with Gasteiger partial charge in [-0.1, -0.05) is 20.8 Å². The van der Waals surface area contributed by atoms with Crippen molar-refractivity contribution in [2.24, 2.45) is 0 Å². The van der Waals surface area contributed by atoms with Crippen molar-refractivity contribution < 1.29 is 4.79 Å². The van der Waals surface area contributed by atoms with Crippen molar-refractivity contribution in [2.75, 3.05) is 0 Å². The van der Waals surface area contributed by atoms with Crippen LogP contribution in [0.15, 0.2) is 12.1 Å². The lowest BCUT2D eigenvalue weighted by atomic mass is 9.95. The van der Waals surface area contributed by atoms with Crippen LogP contribution in [-0.4, -0.2) is 11.9 Å². The van der Waals surface area contributed by atoms with Crippen molar-refractivity contribution in [3.05, 3.63) is 21.9 Å². The fraction of sp³-hybridized carbons (Fsp3) is 0.615. The van der Waals surface area contributed by atoms with E-state index in [9.17, 15) is 4.79 Å². The average Bonchev–Trinajstić information content (AvgIpc) is 2.74. The largest absolute Gasteiger partial charge is 0.353 e. The quantitative estimate of drug-likeness (QED) is 0.842. The van der Waals surface area contributed by atoms with Gasteiger partial charge in [0.05, 0.1) is 0 Å². The molecule has 0 radical (unpaired) electrons. The second kappa shape index (κ2) is 4.21. The van der Waals surface area contributed by atoms with E-state index < -0.39 is 0 Å². The molecule has 2 rings (SSSR count). The molecule has 1 aliphatic rings. The second-order valence-electron chi connectivity index (χ2n) is 5.52. The van der Waals surface area contributed by atoms with Gasteiger partial charge in [-0.25, -0.2) is 0 Å². The maximum absolute atomic E-state index is 11.1. The van der Waals surface area contributed by atoms with Crippen LogP contribution in [-0.2, 0) is 16.6 Å². The highest BCUT2D eigenvalue weighted by Crippen LogP contribution is 2.30. The first-order valence-corrected chi connectivity index (χ1v) is 6.65. The standard InChI is InChI=1S/C13H19NOS/c1-13(2,3)11-6-5-10(16-11)8-9-4-7-12(15)14-9/h5-6,9H,4,7-8H2,1-3H3,(H,14,15). The third-order valence-corrected chi connectivity index (χ3v) is 4.47. The summed E-state index contributed by atoms with van der Waals surface area (Å²) in [6.45, 7) is 6.71. The Hall–Kier alpha value is -0.830. The Kier molecular flexibility index (Phi) is 3.06. The summed E-state index contributed by atoms with van der Waals surface area (Å²) in [5, 5.41) is 3.02. The highest BCUT2D eigenvalue weighted by molar-refractivity contribution is 7.12. The Morgan fingerprint density at radius 3 is 2.69 bits per heavy atom. The zero-order chi connectivity index (χ0) is 11.8. The summed E-state index contributed by atoms with van der Waals surface area (Å²) in [6, 6.07) is 4.78. The highest BCUT2D eigenvalue weighted by Gasteiger charge is 2.22. The van der Waals surface area contributed by atoms with Crippen LogP contribution in [0.25, 0.3) is 0 Å². The molecule has 0 aliphatic carbocycles. The van der Waals surface area contributed by atoms with Gasteiger partial charge in [0.1, 0.15) is 0 Å². The van der Waals surface area contributed by atoms with E-state index in [2.05, 4.69) is 38.2 Å². The van der Waals surface area contributed by atoms with Crippen molar-refractivity contribution in [3.63, 3.8) is 0 Å². The topological polar surface area (TPSA) is 29.1 Å². The molecule has 0 bridgehead atoms. The van der Waals surface area contributed by atoms with Crippen molar-refractivity contribution in [2.45, 2.75) is 51.5 Å². The first-order valence-electron chi connectivity index (χ1n) is 5.84. The molecular formula is C13H19NOS. The molecule has 1 aromatic heterocycles. The van der Waals surface area contributed by atoms with E-state index in [0.717, 1.165) is 12.8 Å². The van der Waals surface area contributed by atoms with Crippen LogP contribution in [0.4, 0.5) is 0 Å². The first-order chi connectivity index (χ1) is 7.45. The van der Waals surface area contributed by atoms with E-state index in [1.165, 1.54) is 9.75 Å². The third-order valence-electron chi connectivity index (χ3n) is 2.93. The Balaban J connectivity index is 2.00. The number of carbonyl (C=O) groups excluding carboxylic acids is 1. The van der Waals surface area contributed by atoms with Crippen molar-refractivity contribution >= 4 is 17.2 Å². The molecule has 0 saturated carbocycles. The van der Waals surface area contributed by atoms with Gasteiger partial charge in [-0.05, 0) is 24.0 Å². The highest BCUT2D eigenvalue weighted by atomic mass is 32.1. The van der Waals surface area contributed by atoms with Gasteiger partial charge in [0.15, 0.2) is 0 Å². The van der Waals surface area contributed by atoms with Gasteiger partial charge in [0, 0.05) is 28.6 Å². The van der Waals surface area contributed by atoms with Crippen LogP contribution in [0.1, 0.15) is 43.4 Å². The Morgan fingerprint density at radius 2 is 2.19 bits per heavy atom. The van der Waals surface area contributed by atoms with E-state index in [-0.39, 0.29) is 11.3 Å². The monoisotopic (exact) mass is 237 g/mol. The summed E-state index contributed by atoms with van der Waals surface area (Å²) in [5.74, 6) is 0.206. The molecule has 16 heavy (non-hydrogen) atoms. The van der Waals surface area contributed by atoms with Crippen LogP contribution in [0, 0.1) is 0 Å². The minimum Gasteiger partial charge on any atom is -0.353 e. The first kappa shape index (κ1) is 11.6. The maximum Gasteiger partial charge on any atom is 0.220 e. The number of carbonyl (C=O) groups is 1. The molecule has 1 saturated heterocycles. The third kappa shape index (κ3) is 2.64. The van der Waals surface area contributed by atoms with E-state index in [1.807, 2.05) is 11.3 Å². The number of thiophene rings is 1. The van der Waals surface area contributed by atoms with E-state index in [1.54, 1.807) is 0 Å². The molecule has 88 valence electrons. The average molecular weight is 237 g/mol. The normalized spacial score (nSPS) is 21.2. The van der Waals surface area contributed by atoms with Gasteiger partial charge >= 0.3 is 0 Å². The molecule has 1 aliphatic heterocycles. The van der Waals surface area contributed by atoms with Gasteiger partial charge in [0.25, 0.3) is 0 Å². The summed E-state index contributed by atoms with van der Waals surface area (Å²) in [5.41, 5.74) is 0.238. The minimum atomic E-state index is 0.206. The zero-order valence-electron chi connectivity index (χ0n) is 10.2. The summed E-state index contributed by atoms with van der Waals surface area (Å²) in [7, 11) is 0. The summed E-state index contributed by atoms with van der Waals surface area (Å²) < 4.78 is 0. The summed E-state index contributed by atoms with van der Waals surface area (Å²) in [4.78, 5) is 13.9. The Bertz CT molecular complexity index is 389. The van der Waals surface area contributed by atoms with Gasteiger partial charge in [-0.2, -0.15) is 0 Å². The Morgan fingerprint density at radius 1 is 1.44 bits per heavy atom. The van der Waals surface area contributed by atoms with Crippen LogP contribution < -0.4 is 5.32 Å². The number of rotatable bonds is 2. The molecular weight excluding hydrogens is 218 g/mol. The predicted octanol–water partition coefficient (Wildman–Crippen LogP) is 2.87. The smallest absolute Gasteiger partial charge is 0.220 e. The van der Waals surface area contributed by atoms with Crippen LogP contribution in [0.3, 0.4) is 0 Å².